The van der Waals surface area contributed by atoms with Gasteiger partial charge in [-0.15, -0.1) is 0 Å². The van der Waals surface area contributed by atoms with Gasteiger partial charge in [0, 0.05) is 30.5 Å². The quantitative estimate of drug-likeness (QED) is 0.325. The predicted octanol–water partition coefficient (Wildman–Crippen LogP) is 7.44. The van der Waals surface area contributed by atoms with Crippen molar-refractivity contribution in [3.63, 3.8) is 0 Å². The lowest BCUT2D eigenvalue weighted by atomic mass is 9.66. The van der Waals surface area contributed by atoms with Crippen molar-refractivity contribution >= 4 is 29.2 Å². The Morgan fingerprint density at radius 2 is 1.80 bits per heavy atom. The summed E-state index contributed by atoms with van der Waals surface area (Å²) in [6, 6.07) is 5.62. The Morgan fingerprint density at radius 1 is 1.10 bits per heavy atom. The molecule has 2 aromatic rings. The molecule has 1 amide bonds. The highest BCUT2D eigenvalue weighted by Gasteiger charge is 2.47. The molecule has 0 radical (unpaired) electrons. The van der Waals surface area contributed by atoms with E-state index >= 15 is 0 Å². The average Bonchev–Trinajstić information content (AvgIpc) is 3.42. The topological polar surface area (TPSA) is 84.7 Å². The Balaban J connectivity index is 1.39. The summed E-state index contributed by atoms with van der Waals surface area (Å²) in [4.78, 5) is 28.6. The van der Waals surface area contributed by atoms with Gasteiger partial charge in [0.1, 0.15) is 11.4 Å². The third-order valence-electron chi connectivity index (χ3n) is 8.52. The van der Waals surface area contributed by atoms with Gasteiger partial charge in [-0.1, -0.05) is 43.6 Å². The number of amides is 1. The zero-order valence-electron chi connectivity index (χ0n) is 25.7. The van der Waals surface area contributed by atoms with E-state index in [0.29, 0.717) is 47.0 Å². The van der Waals surface area contributed by atoms with Crippen molar-refractivity contribution in [3.8, 4) is 0 Å². The smallest absolute Gasteiger partial charge is 0.320 e. The van der Waals surface area contributed by atoms with Gasteiger partial charge in [0.15, 0.2) is 0 Å². The number of likely N-dealkylation sites (tertiary alicyclic amines) is 1. The molecule has 1 N–H and O–H groups in total. The third-order valence-corrected chi connectivity index (χ3v) is 8.83. The lowest BCUT2D eigenvalue weighted by Gasteiger charge is -2.38. The highest BCUT2D eigenvalue weighted by atomic mass is 35.5. The van der Waals surface area contributed by atoms with Gasteiger partial charge in [0.25, 0.3) is 0 Å². The van der Waals surface area contributed by atoms with Crippen LogP contribution in [0.15, 0.2) is 22.7 Å². The van der Waals surface area contributed by atoms with Gasteiger partial charge in [-0.3, -0.25) is 14.5 Å². The maximum atomic E-state index is 13.8. The van der Waals surface area contributed by atoms with Crippen LogP contribution in [0.4, 0.5) is 5.69 Å². The molecule has 41 heavy (non-hydrogen) atoms. The normalized spacial score (nSPS) is 25.2. The van der Waals surface area contributed by atoms with Crippen molar-refractivity contribution in [1.29, 1.82) is 0 Å². The standard InChI is InChI=1S/C33H46ClN3O4/c1-19-8-11-26(25(34)12-19)35-31(39)24-17-37(18-27(38)40-33(5,6)7)16-23(24)29-28(21-9-10-21)30(41-36-29)22-13-20(14-22)15-32(2,3)4/h8,11-12,20-24H,9-10,13-18H2,1-7H3,(H,35,39)/t20?,22?,23-,24-/m0/s1. The van der Waals surface area contributed by atoms with Crippen LogP contribution >= 0.6 is 11.6 Å². The van der Waals surface area contributed by atoms with Crippen molar-refractivity contribution < 1.29 is 18.8 Å². The lowest BCUT2D eigenvalue weighted by Crippen LogP contribution is -2.34. The van der Waals surface area contributed by atoms with E-state index in [1.807, 2.05) is 50.8 Å². The summed E-state index contributed by atoms with van der Waals surface area (Å²) in [5.41, 5.74) is 3.52. The van der Waals surface area contributed by atoms with Crippen LogP contribution in [0, 0.1) is 24.2 Å². The first kappa shape index (κ1) is 30.1. The van der Waals surface area contributed by atoms with Gasteiger partial charge >= 0.3 is 5.97 Å². The minimum atomic E-state index is -0.567. The predicted molar refractivity (Wildman–Crippen MR) is 161 cm³/mol. The fourth-order valence-corrected chi connectivity index (χ4v) is 6.99. The first-order valence-corrected chi connectivity index (χ1v) is 15.5. The summed E-state index contributed by atoms with van der Waals surface area (Å²) in [6.07, 6.45) is 5.75. The molecular formula is C33H46ClN3O4. The zero-order chi connectivity index (χ0) is 29.7. The highest BCUT2D eigenvalue weighted by Crippen LogP contribution is 2.54. The maximum absolute atomic E-state index is 13.8. The van der Waals surface area contributed by atoms with Crippen molar-refractivity contribution in [3.05, 3.63) is 45.8 Å². The van der Waals surface area contributed by atoms with Crippen LogP contribution < -0.4 is 5.32 Å². The second kappa shape index (κ2) is 11.4. The van der Waals surface area contributed by atoms with E-state index in [0.717, 1.165) is 42.7 Å². The van der Waals surface area contributed by atoms with Crippen LogP contribution in [0.3, 0.4) is 0 Å². The molecule has 3 fully saturated rings. The highest BCUT2D eigenvalue weighted by molar-refractivity contribution is 6.33. The van der Waals surface area contributed by atoms with Crippen LogP contribution in [0.2, 0.25) is 5.02 Å². The number of nitrogens with zero attached hydrogens (tertiary/aromatic N) is 2. The molecule has 2 atom stereocenters. The number of nitrogens with one attached hydrogen (secondary N) is 1. The van der Waals surface area contributed by atoms with Crippen molar-refractivity contribution in [1.82, 2.24) is 10.1 Å². The molecular weight excluding hydrogens is 538 g/mol. The number of anilines is 1. The number of esters is 1. The Labute approximate surface area is 249 Å². The molecule has 7 nitrogen and oxygen atoms in total. The van der Waals surface area contributed by atoms with Crippen molar-refractivity contribution in [2.75, 3.05) is 25.0 Å². The van der Waals surface area contributed by atoms with Crippen molar-refractivity contribution in [2.45, 2.75) is 104 Å². The average molecular weight is 584 g/mol. The molecule has 0 unspecified atom stereocenters. The largest absolute Gasteiger partial charge is 0.459 e. The second-order valence-corrected chi connectivity index (χ2v) is 15.3. The van der Waals surface area contributed by atoms with Gasteiger partial charge in [-0.2, -0.15) is 0 Å². The number of halogens is 1. The summed E-state index contributed by atoms with van der Waals surface area (Å²) >= 11 is 6.47. The molecule has 2 aliphatic carbocycles. The molecule has 2 saturated carbocycles. The number of carbonyl (C=O) groups is 2. The molecule has 1 saturated heterocycles. The Morgan fingerprint density at radius 3 is 2.41 bits per heavy atom. The minimum Gasteiger partial charge on any atom is -0.459 e. The SMILES string of the molecule is Cc1ccc(NC(=O)[C@H]2CN(CC(=O)OC(C)(C)C)C[C@@H]2c2noc(C3CC(CC(C)(C)C)C3)c2C2CC2)c(Cl)c1. The van der Waals surface area contributed by atoms with Crippen LogP contribution in [0.5, 0.6) is 0 Å². The third kappa shape index (κ3) is 7.34. The molecule has 2 heterocycles. The van der Waals surface area contributed by atoms with E-state index in [-0.39, 0.29) is 24.3 Å². The number of rotatable bonds is 8. The molecule has 224 valence electrons. The Bertz CT molecular complexity index is 1280. The Kier molecular flexibility index (Phi) is 8.34. The number of aromatic nitrogens is 1. The van der Waals surface area contributed by atoms with Crippen molar-refractivity contribution in [2.24, 2.45) is 17.3 Å². The zero-order valence-corrected chi connectivity index (χ0v) is 26.4. The van der Waals surface area contributed by atoms with E-state index in [1.54, 1.807) is 0 Å². The fourth-order valence-electron chi connectivity index (χ4n) is 6.71. The second-order valence-electron chi connectivity index (χ2n) is 14.9. The van der Waals surface area contributed by atoms with E-state index in [1.165, 1.54) is 12.0 Å². The summed E-state index contributed by atoms with van der Waals surface area (Å²) < 4.78 is 11.7. The number of carbonyl (C=O) groups excluding carboxylic acids is 2. The fraction of sp³-hybridized carbons (Fsp3) is 0.667. The van der Waals surface area contributed by atoms with Gasteiger partial charge in [0.2, 0.25) is 5.91 Å². The lowest BCUT2D eigenvalue weighted by molar-refractivity contribution is -0.156. The van der Waals surface area contributed by atoms with E-state index in [9.17, 15) is 9.59 Å². The van der Waals surface area contributed by atoms with Gasteiger partial charge in [-0.25, -0.2) is 0 Å². The maximum Gasteiger partial charge on any atom is 0.320 e. The minimum absolute atomic E-state index is 0.118. The first-order chi connectivity index (χ1) is 19.2. The molecule has 5 rings (SSSR count). The number of hydrogen-bond acceptors (Lipinski definition) is 6. The van der Waals surface area contributed by atoms with Crippen LogP contribution in [0.25, 0.3) is 0 Å². The van der Waals surface area contributed by atoms with Gasteiger partial charge in [0.05, 0.1) is 28.9 Å². The molecule has 0 spiro atoms. The first-order valence-electron chi connectivity index (χ1n) is 15.2. The van der Waals surface area contributed by atoms with Crippen LogP contribution in [-0.4, -0.2) is 47.2 Å². The van der Waals surface area contributed by atoms with E-state index in [4.69, 9.17) is 20.9 Å². The number of aryl methyl sites for hydroxylation is 1. The van der Waals surface area contributed by atoms with Crippen LogP contribution in [-0.2, 0) is 14.3 Å². The molecule has 1 aliphatic heterocycles. The number of ether oxygens (including phenoxy) is 1. The summed E-state index contributed by atoms with van der Waals surface area (Å²) in [7, 11) is 0. The van der Waals surface area contributed by atoms with E-state index in [2.05, 4.69) is 31.2 Å². The summed E-state index contributed by atoms with van der Waals surface area (Å²) in [6.45, 7) is 15.6. The number of benzene rings is 1. The summed E-state index contributed by atoms with van der Waals surface area (Å²) in [5.74, 6) is 1.61. The molecule has 8 heteroatoms. The monoisotopic (exact) mass is 583 g/mol. The molecule has 1 aromatic carbocycles. The molecule has 1 aromatic heterocycles. The van der Waals surface area contributed by atoms with E-state index < -0.39 is 11.5 Å². The summed E-state index contributed by atoms with van der Waals surface area (Å²) in [5, 5.41) is 8.25. The molecule has 3 aliphatic rings. The van der Waals surface area contributed by atoms with Crippen LogP contribution in [0.1, 0.15) is 114 Å². The molecule has 0 bridgehead atoms. The van der Waals surface area contributed by atoms with Gasteiger partial charge < -0.3 is 14.6 Å². The van der Waals surface area contributed by atoms with Gasteiger partial charge in [-0.05, 0) is 94.7 Å². The Hall–Kier alpha value is -2.38. The number of hydrogen-bond donors (Lipinski definition) is 1.